The highest BCUT2D eigenvalue weighted by Crippen LogP contribution is 2.29. The number of ether oxygens (including phenoxy) is 3. The fourth-order valence-corrected chi connectivity index (χ4v) is 5.23. The first-order chi connectivity index (χ1) is 19.8. The Bertz CT molecular complexity index is 1400. The van der Waals surface area contributed by atoms with Crippen LogP contribution in [0.4, 0.5) is 4.39 Å². The van der Waals surface area contributed by atoms with Crippen molar-refractivity contribution in [2.45, 2.75) is 51.4 Å². The molecule has 1 saturated heterocycles. The first-order valence-electron chi connectivity index (χ1n) is 13.8. The van der Waals surface area contributed by atoms with Gasteiger partial charge in [0.2, 0.25) is 5.91 Å². The van der Waals surface area contributed by atoms with E-state index < -0.39 is 11.9 Å². The van der Waals surface area contributed by atoms with Gasteiger partial charge >= 0.3 is 0 Å². The lowest BCUT2D eigenvalue weighted by molar-refractivity contribution is -0.125. The van der Waals surface area contributed by atoms with Crippen LogP contribution in [0.2, 0.25) is 0 Å². The number of aromatic nitrogens is 1. The number of hydrogen-bond donors (Lipinski definition) is 2. The molecule has 1 fully saturated rings. The fraction of sp³-hybridized carbons (Fsp3) is 0.387. The van der Waals surface area contributed by atoms with Crippen molar-refractivity contribution in [3.63, 3.8) is 0 Å². The zero-order chi connectivity index (χ0) is 28.8. The van der Waals surface area contributed by atoms with Gasteiger partial charge in [0.1, 0.15) is 17.7 Å². The van der Waals surface area contributed by atoms with E-state index in [1.54, 1.807) is 18.2 Å². The number of halogens is 1. The van der Waals surface area contributed by atoms with Gasteiger partial charge in [0.05, 0.1) is 18.8 Å². The summed E-state index contributed by atoms with van der Waals surface area (Å²) in [6.45, 7) is 3.76. The van der Waals surface area contributed by atoms with Crippen LogP contribution >= 0.6 is 0 Å². The molecule has 1 aromatic heterocycles. The standard InChI is InChI=1S/C31H35FN4O5/c1-20-4-3-5-24(34-20)17-36-11-10-27-26(18-36)35-31(38)19-40-29-14-21(6-8-28(29)39-2)7-9-30(37)33-16-22-12-23(32)15-25(13-22)41-27/h3-6,8,12-15,26-27H,7,9-11,16-19H2,1-2H3,(H,33,37)(H,35,38)/t26-,27-/m1/s1. The number of benzene rings is 2. The highest BCUT2D eigenvalue weighted by molar-refractivity contribution is 5.78. The highest BCUT2D eigenvalue weighted by atomic mass is 19.1. The van der Waals surface area contributed by atoms with Crippen LogP contribution in [0.3, 0.4) is 0 Å². The molecular weight excluding hydrogens is 527 g/mol. The minimum Gasteiger partial charge on any atom is -0.493 e. The average Bonchev–Trinajstić information content (AvgIpc) is 2.94. The number of hydrogen-bond acceptors (Lipinski definition) is 7. The number of amides is 2. The van der Waals surface area contributed by atoms with Crippen LogP contribution in [-0.4, -0.2) is 60.7 Å². The summed E-state index contributed by atoms with van der Waals surface area (Å²) in [6.07, 6.45) is 0.909. The molecule has 3 heterocycles. The van der Waals surface area contributed by atoms with Crippen LogP contribution in [0.5, 0.6) is 17.2 Å². The SMILES string of the molecule is COc1ccc2cc1OCC(=O)N[C@@H]1CN(Cc3cccc(C)n3)CC[C@H]1Oc1cc(F)cc(c1)CNC(=O)CC2. The van der Waals surface area contributed by atoms with E-state index in [2.05, 4.69) is 20.5 Å². The first kappa shape index (κ1) is 28.4. The number of pyridine rings is 1. The van der Waals surface area contributed by atoms with Gasteiger partial charge in [0.25, 0.3) is 5.91 Å². The van der Waals surface area contributed by atoms with Crippen molar-refractivity contribution in [1.29, 1.82) is 0 Å². The number of piperidine rings is 1. The summed E-state index contributed by atoms with van der Waals surface area (Å²) in [5.74, 6) is 0.346. The number of nitrogens with one attached hydrogen (secondary N) is 2. The molecule has 2 aliphatic heterocycles. The molecule has 41 heavy (non-hydrogen) atoms. The van der Waals surface area contributed by atoms with Crippen LogP contribution in [0.1, 0.15) is 35.4 Å². The van der Waals surface area contributed by atoms with Crippen molar-refractivity contribution in [3.8, 4) is 17.2 Å². The summed E-state index contributed by atoms with van der Waals surface area (Å²) in [6, 6.07) is 15.4. The van der Waals surface area contributed by atoms with E-state index in [0.717, 1.165) is 17.0 Å². The zero-order valence-corrected chi connectivity index (χ0v) is 23.3. The molecule has 2 aromatic carbocycles. The second-order valence-corrected chi connectivity index (χ2v) is 10.5. The molecule has 2 N–H and O–H groups in total. The molecule has 2 aliphatic rings. The molecule has 0 spiro atoms. The lowest BCUT2D eigenvalue weighted by Gasteiger charge is -2.38. The van der Waals surface area contributed by atoms with Gasteiger partial charge in [-0.1, -0.05) is 12.1 Å². The van der Waals surface area contributed by atoms with E-state index in [-0.39, 0.29) is 37.4 Å². The van der Waals surface area contributed by atoms with Crippen molar-refractivity contribution in [3.05, 3.63) is 82.9 Å². The van der Waals surface area contributed by atoms with Crippen LogP contribution in [-0.2, 0) is 29.1 Å². The summed E-state index contributed by atoms with van der Waals surface area (Å²) in [4.78, 5) is 32.5. The van der Waals surface area contributed by atoms with E-state index in [4.69, 9.17) is 14.2 Å². The fourth-order valence-electron chi connectivity index (χ4n) is 5.23. The minimum atomic E-state index is -0.455. The van der Waals surface area contributed by atoms with Crippen molar-refractivity contribution in [2.75, 3.05) is 26.8 Å². The molecule has 2 atom stereocenters. The number of likely N-dealkylation sites (tertiary alicyclic amines) is 1. The number of carbonyl (C=O) groups excluding carboxylic acids is 2. The summed E-state index contributed by atoms with van der Waals surface area (Å²) in [5, 5.41) is 5.94. The number of nitrogens with zero attached hydrogens (tertiary/aromatic N) is 2. The number of rotatable bonds is 3. The van der Waals surface area contributed by atoms with Crippen LogP contribution in [0.25, 0.3) is 0 Å². The van der Waals surface area contributed by atoms with Gasteiger partial charge in [-0.05, 0) is 67.3 Å². The monoisotopic (exact) mass is 562 g/mol. The van der Waals surface area contributed by atoms with E-state index in [1.165, 1.54) is 19.2 Å². The number of methoxy groups -OCH3 is 1. The third-order valence-corrected chi connectivity index (χ3v) is 7.25. The average molecular weight is 563 g/mol. The molecule has 3 aromatic rings. The van der Waals surface area contributed by atoms with Crippen LogP contribution in [0, 0.1) is 12.7 Å². The molecule has 216 valence electrons. The van der Waals surface area contributed by atoms with Gasteiger partial charge in [-0.3, -0.25) is 19.5 Å². The Morgan fingerprint density at radius 3 is 2.78 bits per heavy atom. The van der Waals surface area contributed by atoms with Gasteiger partial charge in [0.15, 0.2) is 18.1 Å². The van der Waals surface area contributed by atoms with Gasteiger partial charge < -0.3 is 24.8 Å². The topological polar surface area (TPSA) is 102 Å². The van der Waals surface area contributed by atoms with Crippen molar-refractivity contribution in [2.24, 2.45) is 0 Å². The van der Waals surface area contributed by atoms with Gasteiger partial charge in [-0.25, -0.2) is 4.39 Å². The highest BCUT2D eigenvalue weighted by Gasteiger charge is 2.32. The Morgan fingerprint density at radius 1 is 1.07 bits per heavy atom. The molecule has 0 saturated carbocycles. The van der Waals surface area contributed by atoms with E-state index in [9.17, 15) is 14.0 Å². The summed E-state index contributed by atoms with van der Waals surface area (Å²) in [5.41, 5.74) is 3.35. The van der Waals surface area contributed by atoms with Gasteiger partial charge in [0, 0.05) is 44.4 Å². The van der Waals surface area contributed by atoms with Crippen LogP contribution < -0.4 is 24.8 Å². The molecular formula is C31H35FN4O5. The molecule has 0 aliphatic carbocycles. The zero-order valence-electron chi connectivity index (χ0n) is 23.3. The second-order valence-electron chi connectivity index (χ2n) is 10.5. The van der Waals surface area contributed by atoms with Gasteiger partial charge in [-0.2, -0.15) is 0 Å². The molecule has 10 heteroatoms. The quantitative estimate of drug-likeness (QED) is 0.505. The maximum atomic E-state index is 14.5. The Hall–Kier alpha value is -4.18. The number of carbonyl (C=O) groups is 2. The van der Waals surface area contributed by atoms with Gasteiger partial charge in [-0.15, -0.1) is 0 Å². The second kappa shape index (κ2) is 13.0. The summed E-state index contributed by atoms with van der Waals surface area (Å²) < 4.78 is 32.1. The molecule has 5 rings (SSSR count). The third kappa shape index (κ3) is 7.73. The maximum absolute atomic E-state index is 14.5. The molecule has 4 bridgehead atoms. The smallest absolute Gasteiger partial charge is 0.258 e. The van der Waals surface area contributed by atoms with Crippen molar-refractivity contribution in [1.82, 2.24) is 20.5 Å². The Kier molecular flexibility index (Phi) is 8.98. The summed E-state index contributed by atoms with van der Waals surface area (Å²) >= 11 is 0. The van der Waals surface area contributed by atoms with E-state index in [1.807, 2.05) is 31.2 Å². The lowest BCUT2D eigenvalue weighted by atomic mass is 10.0. The van der Waals surface area contributed by atoms with E-state index in [0.29, 0.717) is 55.3 Å². The Morgan fingerprint density at radius 2 is 1.95 bits per heavy atom. The predicted octanol–water partition coefficient (Wildman–Crippen LogP) is 3.32. The molecule has 9 nitrogen and oxygen atoms in total. The molecule has 0 radical (unpaired) electrons. The largest absolute Gasteiger partial charge is 0.493 e. The number of aryl methyl sites for hydroxylation is 2. The lowest BCUT2D eigenvalue weighted by Crippen LogP contribution is -2.57. The van der Waals surface area contributed by atoms with E-state index >= 15 is 0 Å². The van der Waals surface area contributed by atoms with Crippen LogP contribution in [0.15, 0.2) is 54.6 Å². The maximum Gasteiger partial charge on any atom is 0.258 e. The Balaban J connectivity index is 1.39. The Labute approximate surface area is 239 Å². The van der Waals surface area contributed by atoms with Crippen molar-refractivity contribution >= 4 is 11.8 Å². The molecule has 0 unspecified atom stereocenters. The third-order valence-electron chi connectivity index (χ3n) is 7.25. The first-order valence-corrected chi connectivity index (χ1v) is 13.8. The minimum absolute atomic E-state index is 0.161. The number of fused-ring (bicyclic) bond motifs is 5. The normalized spacial score (nSPS) is 20.3. The molecule has 2 amide bonds. The summed E-state index contributed by atoms with van der Waals surface area (Å²) in [7, 11) is 1.53. The van der Waals surface area contributed by atoms with Crippen molar-refractivity contribution < 1.29 is 28.2 Å². The predicted molar refractivity (Wildman–Crippen MR) is 150 cm³/mol.